The first-order valence-electron chi connectivity index (χ1n) is 8.95. The number of nitrogens with zero attached hydrogens (tertiary/aromatic N) is 3. The minimum Gasteiger partial charge on any atom is -0.345 e. The van der Waals surface area contributed by atoms with Crippen molar-refractivity contribution in [3.8, 4) is 0 Å². The lowest BCUT2D eigenvalue weighted by atomic mass is 10.1. The van der Waals surface area contributed by atoms with Gasteiger partial charge in [-0.05, 0) is 31.2 Å². The number of amides is 2. The predicted molar refractivity (Wildman–Crippen MR) is 119 cm³/mol. The number of hydrogen-bond acceptors (Lipinski definition) is 5. The molecule has 7 nitrogen and oxygen atoms in total. The molecule has 10 heteroatoms. The topological polar surface area (TPSA) is 88.9 Å². The number of benzene rings is 2. The Balaban J connectivity index is 1.54. The molecule has 3 aromatic rings. The molecule has 0 saturated carbocycles. The van der Waals surface area contributed by atoms with Crippen molar-refractivity contribution in [2.75, 3.05) is 11.1 Å². The molecule has 0 bridgehead atoms. The molecule has 2 N–H and O–H groups in total. The molecule has 0 radical (unpaired) electrons. The molecule has 2 amide bonds. The first kappa shape index (κ1) is 22.1. The van der Waals surface area contributed by atoms with Gasteiger partial charge in [0.1, 0.15) is 0 Å². The first-order chi connectivity index (χ1) is 14.3. The lowest BCUT2D eigenvalue weighted by molar-refractivity contribution is -0.113. The fourth-order valence-electron chi connectivity index (χ4n) is 2.59. The van der Waals surface area contributed by atoms with Crippen LogP contribution in [0.15, 0.2) is 47.6 Å². The highest BCUT2D eigenvalue weighted by Gasteiger charge is 2.14. The van der Waals surface area contributed by atoms with Crippen molar-refractivity contribution in [2.24, 2.45) is 7.05 Å². The number of halogens is 2. The summed E-state index contributed by atoms with van der Waals surface area (Å²) in [4.78, 5) is 24.5. The van der Waals surface area contributed by atoms with Crippen LogP contribution >= 0.6 is 35.0 Å². The number of nitrogens with one attached hydrogen (secondary N) is 2. The summed E-state index contributed by atoms with van der Waals surface area (Å²) in [6.45, 7) is 2.15. The van der Waals surface area contributed by atoms with Crippen molar-refractivity contribution in [3.05, 3.63) is 69.5 Å². The summed E-state index contributed by atoms with van der Waals surface area (Å²) in [6, 6.07) is 12.4. The molecular formula is C20H19Cl2N5O2S. The summed E-state index contributed by atoms with van der Waals surface area (Å²) in [6.07, 6.45) is 0. The minimum absolute atomic E-state index is 0.116. The van der Waals surface area contributed by atoms with Gasteiger partial charge in [0, 0.05) is 12.6 Å². The van der Waals surface area contributed by atoms with Gasteiger partial charge in [-0.25, -0.2) is 0 Å². The Bertz CT molecular complexity index is 1090. The van der Waals surface area contributed by atoms with Crippen LogP contribution < -0.4 is 10.6 Å². The van der Waals surface area contributed by atoms with Crippen LogP contribution in [0.4, 0.5) is 5.69 Å². The number of rotatable bonds is 7. The Hall–Kier alpha value is -2.55. The Morgan fingerprint density at radius 3 is 2.67 bits per heavy atom. The van der Waals surface area contributed by atoms with Gasteiger partial charge >= 0.3 is 0 Å². The van der Waals surface area contributed by atoms with Crippen LogP contribution in [0.1, 0.15) is 21.7 Å². The van der Waals surface area contributed by atoms with Gasteiger partial charge in [-0.1, -0.05) is 58.7 Å². The summed E-state index contributed by atoms with van der Waals surface area (Å²) in [5, 5.41) is 14.9. The monoisotopic (exact) mass is 463 g/mol. The van der Waals surface area contributed by atoms with Gasteiger partial charge in [0.15, 0.2) is 11.0 Å². The van der Waals surface area contributed by atoms with E-state index in [2.05, 4.69) is 20.8 Å². The molecule has 1 heterocycles. The van der Waals surface area contributed by atoms with E-state index < -0.39 is 0 Å². The van der Waals surface area contributed by atoms with E-state index in [0.717, 1.165) is 5.56 Å². The number of aryl methyl sites for hydroxylation is 1. The van der Waals surface area contributed by atoms with Crippen molar-refractivity contribution in [1.29, 1.82) is 0 Å². The van der Waals surface area contributed by atoms with E-state index >= 15 is 0 Å². The highest BCUT2D eigenvalue weighted by Crippen LogP contribution is 2.29. The third-order valence-corrected chi connectivity index (χ3v) is 6.01. The second-order valence-electron chi connectivity index (χ2n) is 6.45. The number of thioether (sulfide) groups is 1. The molecule has 2 aromatic carbocycles. The summed E-state index contributed by atoms with van der Waals surface area (Å²) in [5.41, 5.74) is 2.05. The quantitative estimate of drug-likeness (QED) is 0.515. The molecule has 0 saturated heterocycles. The van der Waals surface area contributed by atoms with E-state index in [1.165, 1.54) is 11.8 Å². The van der Waals surface area contributed by atoms with Gasteiger partial charge in [-0.3, -0.25) is 9.59 Å². The van der Waals surface area contributed by atoms with E-state index in [4.69, 9.17) is 23.2 Å². The largest absolute Gasteiger partial charge is 0.345 e. The number of carbonyl (C=O) groups excluding carboxylic acids is 2. The minimum atomic E-state index is -0.249. The van der Waals surface area contributed by atoms with Gasteiger partial charge in [-0.2, -0.15) is 0 Å². The standard InChI is InChI=1S/C20H19Cl2N5O2S/c1-12-5-3-6-13(9-12)19(29)23-10-16-25-26-20(27(16)2)30-11-17(28)24-15-8-4-7-14(21)18(15)22/h3-9H,10-11H2,1-2H3,(H,23,29)(H,24,28). The maximum atomic E-state index is 12.3. The Morgan fingerprint density at radius 2 is 1.90 bits per heavy atom. The van der Waals surface area contributed by atoms with Crippen molar-refractivity contribution < 1.29 is 9.59 Å². The lowest BCUT2D eigenvalue weighted by Gasteiger charge is -2.08. The average Bonchev–Trinajstić information content (AvgIpc) is 3.07. The molecule has 30 heavy (non-hydrogen) atoms. The third-order valence-electron chi connectivity index (χ3n) is 4.17. The number of hydrogen-bond donors (Lipinski definition) is 2. The van der Waals surface area contributed by atoms with Crippen molar-refractivity contribution >= 4 is 52.5 Å². The van der Waals surface area contributed by atoms with Gasteiger partial charge in [0.2, 0.25) is 5.91 Å². The third kappa shape index (κ3) is 5.53. The van der Waals surface area contributed by atoms with Gasteiger partial charge in [0.25, 0.3) is 5.91 Å². The van der Waals surface area contributed by atoms with Gasteiger partial charge < -0.3 is 15.2 Å². The van der Waals surface area contributed by atoms with Crippen LogP contribution in [0.3, 0.4) is 0 Å². The maximum absolute atomic E-state index is 12.3. The van der Waals surface area contributed by atoms with E-state index in [0.29, 0.717) is 32.3 Å². The molecule has 1 aromatic heterocycles. The zero-order chi connectivity index (χ0) is 21.7. The molecule has 0 fully saturated rings. The summed E-state index contributed by atoms with van der Waals surface area (Å²) in [7, 11) is 1.78. The molecular weight excluding hydrogens is 445 g/mol. The zero-order valence-corrected chi connectivity index (χ0v) is 18.6. The highest BCUT2D eigenvalue weighted by atomic mass is 35.5. The van der Waals surface area contributed by atoms with E-state index in [9.17, 15) is 9.59 Å². The molecule has 0 unspecified atom stereocenters. The van der Waals surface area contributed by atoms with Gasteiger partial charge in [-0.15, -0.1) is 10.2 Å². The van der Waals surface area contributed by atoms with Crippen LogP contribution in [-0.4, -0.2) is 32.3 Å². The van der Waals surface area contributed by atoms with Crippen LogP contribution in [0.5, 0.6) is 0 Å². The number of anilines is 1. The molecule has 0 aliphatic rings. The molecule has 0 spiro atoms. The summed E-state index contributed by atoms with van der Waals surface area (Å²) in [5.74, 6) is 0.261. The van der Waals surface area contributed by atoms with Crippen molar-refractivity contribution in [2.45, 2.75) is 18.6 Å². The Labute approximate surface area is 188 Å². The SMILES string of the molecule is Cc1cccc(C(=O)NCc2nnc(SCC(=O)Nc3cccc(Cl)c3Cl)n2C)c1. The Morgan fingerprint density at radius 1 is 1.13 bits per heavy atom. The van der Waals surface area contributed by atoms with Crippen LogP contribution in [0.25, 0.3) is 0 Å². The van der Waals surface area contributed by atoms with Crippen LogP contribution in [0.2, 0.25) is 10.0 Å². The summed E-state index contributed by atoms with van der Waals surface area (Å²) < 4.78 is 1.74. The second-order valence-corrected chi connectivity index (χ2v) is 8.18. The lowest BCUT2D eigenvalue weighted by Crippen LogP contribution is -2.24. The smallest absolute Gasteiger partial charge is 0.251 e. The molecule has 3 rings (SSSR count). The number of aromatic nitrogens is 3. The fraction of sp³-hybridized carbons (Fsp3) is 0.200. The second kappa shape index (κ2) is 9.97. The van der Waals surface area contributed by atoms with Crippen LogP contribution in [0, 0.1) is 6.92 Å². The van der Waals surface area contributed by atoms with Crippen molar-refractivity contribution in [1.82, 2.24) is 20.1 Å². The average molecular weight is 464 g/mol. The molecule has 0 atom stereocenters. The normalized spacial score (nSPS) is 10.7. The van der Waals surface area contributed by atoms with E-state index in [1.54, 1.807) is 35.9 Å². The van der Waals surface area contributed by atoms with Gasteiger partial charge in [0.05, 0.1) is 28.0 Å². The molecule has 156 valence electrons. The maximum Gasteiger partial charge on any atom is 0.251 e. The van der Waals surface area contributed by atoms with Crippen molar-refractivity contribution in [3.63, 3.8) is 0 Å². The zero-order valence-electron chi connectivity index (χ0n) is 16.3. The highest BCUT2D eigenvalue weighted by molar-refractivity contribution is 7.99. The first-order valence-corrected chi connectivity index (χ1v) is 10.7. The van der Waals surface area contributed by atoms with E-state index in [1.807, 2.05) is 25.1 Å². The molecule has 0 aliphatic heterocycles. The molecule has 0 aliphatic carbocycles. The number of carbonyl (C=O) groups is 2. The fourth-order valence-corrected chi connectivity index (χ4v) is 3.67. The van der Waals surface area contributed by atoms with Crippen LogP contribution in [-0.2, 0) is 18.4 Å². The Kier molecular flexibility index (Phi) is 7.36. The van der Waals surface area contributed by atoms with E-state index in [-0.39, 0.29) is 24.1 Å². The predicted octanol–water partition coefficient (Wildman–Crippen LogP) is 4.09. The summed E-state index contributed by atoms with van der Waals surface area (Å²) >= 11 is 13.3.